The van der Waals surface area contributed by atoms with Gasteiger partial charge in [-0.05, 0) is 35.9 Å². The SMILES string of the molecule is Cc1ccc2[nH]c3c4sc5ccccc5c4c4ccccc4c3c2c1. The van der Waals surface area contributed by atoms with Crippen LogP contribution >= 0.6 is 11.3 Å². The van der Waals surface area contributed by atoms with Crippen LogP contribution in [0.5, 0.6) is 0 Å². The van der Waals surface area contributed by atoms with E-state index in [4.69, 9.17) is 0 Å². The van der Waals surface area contributed by atoms with E-state index >= 15 is 0 Å². The van der Waals surface area contributed by atoms with Crippen LogP contribution in [0.25, 0.3) is 52.8 Å². The second-order valence-corrected chi connectivity index (χ2v) is 7.82. The third kappa shape index (κ3) is 1.67. The standard InChI is InChI=1S/C23H15NS/c1-13-10-11-18-17(12-13)20-14-6-2-3-7-15(14)21-16-8-4-5-9-19(16)25-23(21)22(20)24-18/h2-12,24H,1H3. The molecular weight excluding hydrogens is 322 g/mol. The van der Waals surface area contributed by atoms with Crippen molar-refractivity contribution in [3.8, 4) is 0 Å². The predicted octanol–water partition coefficient (Wildman–Crippen LogP) is 7.15. The molecule has 118 valence electrons. The molecule has 0 bridgehead atoms. The van der Waals surface area contributed by atoms with Gasteiger partial charge in [-0.25, -0.2) is 0 Å². The lowest BCUT2D eigenvalue weighted by Crippen LogP contribution is -1.78. The highest BCUT2D eigenvalue weighted by molar-refractivity contribution is 7.27. The van der Waals surface area contributed by atoms with Crippen molar-refractivity contribution in [3.05, 3.63) is 72.3 Å². The third-order valence-corrected chi connectivity index (χ3v) is 6.43. The average Bonchev–Trinajstić information content (AvgIpc) is 3.20. The van der Waals surface area contributed by atoms with Crippen LogP contribution < -0.4 is 0 Å². The third-order valence-electron chi connectivity index (χ3n) is 5.24. The monoisotopic (exact) mass is 337 g/mol. The van der Waals surface area contributed by atoms with Crippen molar-refractivity contribution in [1.82, 2.24) is 4.98 Å². The van der Waals surface area contributed by atoms with Crippen LogP contribution in [0.4, 0.5) is 0 Å². The summed E-state index contributed by atoms with van der Waals surface area (Å²) in [6.07, 6.45) is 0. The Bertz CT molecular complexity index is 1450. The van der Waals surface area contributed by atoms with Crippen molar-refractivity contribution in [2.45, 2.75) is 6.92 Å². The van der Waals surface area contributed by atoms with Crippen LogP contribution in [-0.4, -0.2) is 4.98 Å². The first-order valence-corrected chi connectivity index (χ1v) is 9.37. The summed E-state index contributed by atoms with van der Waals surface area (Å²) in [5.74, 6) is 0. The predicted molar refractivity (Wildman–Crippen MR) is 111 cm³/mol. The summed E-state index contributed by atoms with van der Waals surface area (Å²) < 4.78 is 2.72. The molecule has 0 unspecified atom stereocenters. The summed E-state index contributed by atoms with van der Waals surface area (Å²) in [6, 6.07) is 24.3. The number of thiophene rings is 1. The van der Waals surface area contributed by atoms with Gasteiger partial charge in [-0.2, -0.15) is 0 Å². The fourth-order valence-electron chi connectivity index (χ4n) is 4.16. The molecule has 2 aromatic heterocycles. The van der Waals surface area contributed by atoms with E-state index in [1.54, 1.807) is 0 Å². The molecule has 2 heteroatoms. The molecule has 0 aliphatic carbocycles. The van der Waals surface area contributed by atoms with Crippen LogP contribution in [0, 0.1) is 6.92 Å². The molecule has 6 aromatic rings. The number of aromatic amines is 1. The average molecular weight is 337 g/mol. The zero-order chi connectivity index (χ0) is 16.5. The van der Waals surface area contributed by atoms with E-state index in [9.17, 15) is 0 Å². The highest BCUT2D eigenvalue weighted by Crippen LogP contribution is 2.45. The maximum Gasteiger partial charge on any atom is 0.0653 e. The lowest BCUT2D eigenvalue weighted by molar-refractivity contribution is 1.49. The van der Waals surface area contributed by atoms with E-state index in [0.29, 0.717) is 0 Å². The number of hydrogen-bond acceptors (Lipinski definition) is 1. The molecule has 0 spiro atoms. The molecule has 2 heterocycles. The summed E-state index contributed by atoms with van der Waals surface area (Å²) in [6.45, 7) is 2.17. The Kier molecular flexibility index (Phi) is 2.48. The quantitative estimate of drug-likeness (QED) is 0.303. The molecule has 6 rings (SSSR count). The van der Waals surface area contributed by atoms with Gasteiger partial charge in [-0.1, -0.05) is 54.1 Å². The Balaban J connectivity index is 2.04. The van der Waals surface area contributed by atoms with E-state index in [2.05, 4.69) is 78.6 Å². The van der Waals surface area contributed by atoms with Gasteiger partial charge in [-0.3, -0.25) is 0 Å². The van der Waals surface area contributed by atoms with E-state index < -0.39 is 0 Å². The van der Waals surface area contributed by atoms with Gasteiger partial charge in [0.05, 0.1) is 10.2 Å². The highest BCUT2D eigenvalue weighted by atomic mass is 32.1. The Morgan fingerprint density at radius 2 is 1.44 bits per heavy atom. The minimum Gasteiger partial charge on any atom is -0.353 e. The Hall–Kier alpha value is -2.84. The van der Waals surface area contributed by atoms with Gasteiger partial charge in [0.15, 0.2) is 0 Å². The largest absolute Gasteiger partial charge is 0.353 e. The Labute approximate surface area is 148 Å². The van der Waals surface area contributed by atoms with Gasteiger partial charge in [0.1, 0.15) is 0 Å². The lowest BCUT2D eigenvalue weighted by Gasteiger charge is -2.04. The van der Waals surface area contributed by atoms with Crippen molar-refractivity contribution in [3.63, 3.8) is 0 Å². The van der Waals surface area contributed by atoms with Crippen LogP contribution in [-0.2, 0) is 0 Å². The number of fused-ring (bicyclic) bond motifs is 10. The zero-order valence-corrected chi connectivity index (χ0v) is 14.6. The molecule has 0 amide bonds. The molecule has 0 aliphatic rings. The summed E-state index contributed by atoms with van der Waals surface area (Å²) in [5, 5.41) is 8.11. The molecule has 25 heavy (non-hydrogen) atoms. The second kappa shape index (κ2) is 4.62. The van der Waals surface area contributed by atoms with Gasteiger partial charge in [0.2, 0.25) is 0 Å². The number of hydrogen-bond donors (Lipinski definition) is 1. The Morgan fingerprint density at radius 1 is 0.720 bits per heavy atom. The van der Waals surface area contributed by atoms with Gasteiger partial charge in [0, 0.05) is 31.8 Å². The van der Waals surface area contributed by atoms with Gasteiger partial charge >= 0.3 is 0 Å². The summed E-state index contributed by atoms with van der Waals surface area (Å²) >= 11 is 1.89. The van der Waals surface area contributed by atoms with Crippen molar-refractivity contribution < 1.29 is 0 Å². The maximum absolute atomic E-state index is 3.71. The van der Waals surface area contributed by atoms with E-state index in [1.807, 2.05) is 11.3 Å². The first-order valence-electron chi connectivity index (χ1n) is 8.55. The molecule has 1 nitrogen and oxygen atoms in total. The number of nitrogens with one attached hydrogen (secondary N) is 1. The molecule has 0 atom stereocenters. The molecule has 0 aliphatic heterocycles. The summed E-state index contributed by atoms with van der Waals surface area (Å²) in [4.78, 5) is 3.71. The molecule has 0 saturated carbocycles. The second-order valence-electron chi connectivity index (χ2n) is 6.77. The van der Waals surface area contributed by atoms with Crippen molar-refractivity contribution >= 4 is 64.1 Å². The molecule has 0 saturated heterocycles. The number of aryl methyl sites for hydroxylation is 1. The number of H-pyrrole nitrogens is 1. The van der Waals surface area contributed by atoms with Crippen LogP contribution in [0.3, 0.4) is 0 Å². The Morgan fingerprint density at radius 3 is 2.28 bits per heavy atom. The minimum atomic E-state index is 1.22. The molecule has 1 N–H and O–H groups in total. The van der Waals surface area contributed by atoms with Crippen molar-refractivity contribution in [2.75, 3.05) is 0 Å². The molecule has 4 aromatic carbocycles. The molecular formula is C23H15NS. The number of rotatable bonds is 0. The summed E-state index contributed by atoms with van der Waals surface area (Å²) in [7, 11) is 0. The van der Waals surface area contributed by atoms with Crippen LogP contribution in [0.2, 0.25) is 0 Å². The van der Waals surface area contributed by atoms with Crippen molar-refractivity contribution in [1.29, 1.82) is 0 Å². The minimum absolute atomic E-state index is 1.22. The molecule has 0 radical (unpaired) electrons. The lowest BCUT2D eigenvalue weighted by atomic mass is 9.98. The van der Waals surface area contributed by atoms with Gasteiger partial charge < -0.3 is 4.98 Å². The van der Waals surface area contributed by atoms with E-state index in [1.165, 1.54) is 58.3 Å². The van der Waals surface area contributed by atoms with Crippen LogP contribution in [0.1, 0.15) is 5.56 Å². The fourth-order valence-corrected chi connectivity index (χ4v) is 5.39. The maximum atomic E-state index is 3.71. The van der Waals surface area contributed by atoms with E-state index in [0.717, 1.165) is 0 Å². The van der Waals surface area contributed by atoms with Crippen LogP contribution in [0.15, 0.2) is 66.7 Å². The first-order chi connectivity index (χ1) is 12.3. The smallest absolute Gasteiger partial charge is 0.0653 e. The van der Waals surface area contributed by atoms with Crippen molar-refractivity contribution in [2.24, 2.45) is 0 Å². The van der Waals surface area contributed by atoms with Gasteiger partial charge in [-0.15, -0.1) is 11.3 Å². The topological polar surface area (TPSA) is 15.8 Å². The van der Waals surface area contributed by atoms with E-state index in [-0.39, 0.29) is 0 Å². The molecule has 0 fully saturated rings. The first kappa shape index (κ1) is 13.5. The fraction of sp³-hybridized carbons (Fsp3) is 0.0435. The number of aromatic nitrogens is 1. The van der Waals surface area contributed by atoms with Gasteiger partial charge in [0.25, 0.3) is 0 Å². The number of benzene rings is 4. The zero-order valence-electron chi connectivity index (χ0n) is 13.8. The normalized spacial score (nSPS) is 12.2. The summed E-state index contributed by atoms with van der Waals surface area (Å²) in [5.41, 5.74) is 3.79. The highest BCUT2D eigenvalue weighted by Gasteiger charge is 2.17.